The summed E-state index contributed by atoms with van der Waals surface area (Å²) in [5.74, 6) is -7.28. The number of allylic oxidation sites excluding steroid dienone is 4. The molecule has 4 N–H and O–H groups in total. The van der Waals surface area contributed by atoms with E-state index in [-0.39, 0.29) is 31.5 Å². The predicted octanol–water partition coefficient (Wildman–Crippen LogP) is -0.243. The highest BCUT2D eigenvalue weighted by molar-refractivity contribution is 5.95. The van der Waals surface area contributed by atoms with Crippen molar-refractivity contribution in [2.24, 2.45) is 28.4 Å². The standard InChI is InChI=1S/C32H41FN4O19/c1-29-8-7-18(38)10-17(29)5-6-20-21-11-23(39)32(30(21,2)13-24(40)31(20,29)33,55-26(42)4-3-9-53-35(45)46)25(41)16-51-27(43)12-22(34)28(44)52-14-19(56-37(49)50)15-54-36(47)48/h5,7-8,19-24,39-40H,3-4,6,9-16,34H2,1-2H3/t19?,20?,21?,22?,23-,24+,29+,30+,31+,32+/m1/s1. The summed E-state index contributed by atoms with van der Waals surface area (Å²) in [6, 6.07) is -1.81. The summed E-state index contributed by atoms with van der Waals surface area (Å²) < 4.78 is 33.2. The number of halogens is 1. The van der Waals surface area contributed by atoms with Gasteiger partial charge in [-0.3, -0.25) is 24.0 Å². The molecule has 2 fully saturated rings. The number of carbonyl (C=O) groups is 5. The molecule has 4 aliphatic rings. The number of Topliss-reactive ketones (excluding diaryl/α,β-unsaturated/α-hetero) is 1. The van der Waals surface area contributed by atoms with E-state index in [1.54, 1.807) is 13.0 Å². The van der Waals surface area contributed by atoms with Crippen LogP contribution in [0.25, 0.3) is 0 Å². The van der Waals surface area contributed by atoms with Crippen molar-refractivity contribution in [2.75, 3.05) is 26.4 Å². The zero-order valence-electron chi connectivity index (χ0n) is 30.1. The molecule has 0 aromatic carbocycles. The lowest BCUT2D eigenvalue weighted by atomic mass is 9.45. The van der Waals surface area contributed by atoms with Gasteiger partial charge in [0.05, 0.1) is 19.1 Å². The lowest BCUT2D eigenvalue weighted by Crippen LogP contribution is -2.70. The normalized spacial score (nSPS) is 32.5. The minimum absolute atomic E-state index is 0.0202. The number of hydrogen-bond acceptors (Lipinski definition) is 20. The molecule has 0 radical (unpaired) electrons. The van der Waals surface area contributed by atoms with Gasteiger partial charge in [0.1, 0.15) is 25.4 Å². The molecule has 310 valence electrons. The van der Waals surface area contributed by atoms with Gasteiger partial charge in [-0.2, -0.15) is 0 Å². The van der Waals surface area contributed by atoms with Gasteiger partial charge in [0.25, 0.3) is 15.3 Å². The predicted molar refractivity (Wildman–Crippen MR) is 175 cm³/mol. The number of nitrogens with zero attached hydrogens (tertiary/aromatic N) is 3. The quantitative estimate of drug-likeness (QED) is 0.0378. The number of aliphatic hydroxyl groups excluding tert-OH is 2. The average molecular weight is 805 g/mol. The van der Waals surface area contributed by atoms with Crippen LogP contribution in [0.3, 0.4) is 0 Å². The van der Waals surface area contributed by atoms with Crippen molar-refractivity contribution in [3.8, 4) is 0 Å². The zero-order valence-corrected chi connectivity index (χ0v) is 30.1. The Kier molecular flexibility index (Phi) is 13.0. The van der Waals surface area contributed by atoms with Crippen LogP contribution in [-0.2, 0) is 52.7 Å². The molecule has 4 rings (SSSR count). The molecule has 0 aliphatic heterocycles. The fourth-order valence-corrected chi connectivity index (χ4v) is 8.68. The van der Waals surface area contributed by atoms with Crippen molar-refractivity contribution in [3.05, 3.63) is 54.1 Å². The van der Waals surface area contributed by atoms with Crippen LogP contribution >= 0.6 is 0 Å². The summed E-state index contributed by atoms with van der Waals surface area (Å²) in [5.41, 5.74) is -2.02. The van der Waals surface area contributed by atoms with Crippen molar-refractivity contribution in [1.29, 1.82) is 0 Å². The largest absolute Gasteiger partial charge is 0.462 e. The van der Waals surface area contributed by atoms with E-state index in [1.807, 2.05) is 0 Å². The Morgan fingerprint density at radius 3 is 2.30 bits per heavy atom. The molecule has 0 amide bonds. The lowest BCUT2D eigenvalue weighted by molar-refractivity contribution is -0.790. The monoisotopic (exact) mass is 804 g/mol. The van der Waals surface area contributed by atoms with E-state index in [9.17, 15) is 64.5 Å². The van der Waals surface area contributed by atoms with E-state index < -0.39 is 143 Å². The van der Waals surface area contributed by atoms with Gasteiger partial charge >= 0.3 is 17.9 Å². The van der Waals surface area contributed by atoms with Crippen LogP contribution in [0.4, 0.5) is 4.39 Å². The van der Waals surface area contributed by atoms with Crippen molar-refractivity contribution < 1.29 is 82.6 Å². The Labute approximate surface area is 315 Å². The van der Waals surface area contributed by atoms with Gasteiger partial charge in [-0.05, 0) is 44.6 Å². The second-order valence-electron chi connectivity index (χ2n) is 14.4. The first-order valence-corrected chi connectivity index (χ1v) is 17.3. The number of esters is 3. The fourth-order valence-electron chi connectivity index (χ4n) is 8.68. The smallest absolute Gasteiger partial charge is 0.323 e. The summed E-state index contributed by atoms with van der Waals surface area (Å²) >= 11 is 0. The lowest BCUT2D eigenvalue weighted by Gasteiger charge is -2.62. The molecule has 0 aromatic heterocycles. The molecule has 0 aromatic rings. The van der Waals surface area contributed by atoms with Crippen molar-refractivity contribution >= 4 is 29.5 Å². The second-order valence-corrected chi connectivity index (χ2v) is 14.4. The molecule has 0 saturated heterocycles. The highest BCUT2D eigenvalue weighted by atomic mass is 19.1. The maximum atomic E-state index is 17.7. The number of fused-ring (bicyclic) bond motifs is 5. The first kappa shape index (κ1) is 43.4. The molecule has 23 nitrogen and oxygen atoms in total. The average Bonchev–Trinajstić information content (AvgIpc) is 3.32. The topological polar surface area (TPSA) is 337 Å². The van der Waals surface area contributed by atoms with Gasteiger partial charge in [-0.1, -0.05) is 24.6 Å². The summed E-state index contributed by atoms with van der Waals surface area (Å²) in [7, 11) is 0. The summed E-state index contributed by atoms with van der Waals surface area (Å²) in [5, 5.41) is 51.3. The van der Waals surface area contributed by atoms with E-state index >= 15 is 4.39 Å². The van der Waals surface area contributed by atoms with Gasteiger partial charge < -0.3 is 44.7 Å². The number of carbonyl (C=O) groups excluding carboxylic acids is 5. The highest BCUT2D eigenvalue weighted by Crippen LogP contribution is 2.70. The van der Waals surface area contributed by atoms with Gasteiger partial charge in [0, 0.05) is 29.6 Å². The Balaban J connectivity index is 1.54. The molecular weight excluding hydrogens is 763 g/mol. The van der Waals surface area contributed by atoms with Crippen molar-refractivity contribution in [3.63, 3.8) is 0 Å². The first-order valence-electron chi connectivity index (χ1n) is 17.3. The Morgan fingerprint density at radius 1 is 0.982 bits per heavy atom. The Bertz CT molecular complexity index is 1690. The molecule has 0 spiro atoms. The van der Waals surface area contributed by atoms with Crippen LogP contribution < -0.4 is 5.73 Å². The van der Waals surface area contributed by atoms with Crippen LogP contribution in [0, 0.1) is 53.0 Å². The van der Waals surface area contributed by atoms with Crippen LogP contribution in [-0.4, -0.2) is 117 Å². The van der Waals surface area contributed by atoms with E-state index in [0.717, 1.165) is 0 Å². The summed E-state index contributed by atoms with van der Waals surface area (Å²) in [6.07, 6.45) is -3.91. The van der Waals surface area contributed by atoms with Crippen LogP contribution in [0.15, 0.2) is 23.8 Å². The van der Waals surface area contributed by atoms with E-state index in [0.29, 0.717) is 5.57 Å². The van der Waals surface area contributed by atoms with Crippen LogP contribution in [0.1, 0.15) is 58.8 Å². The maximum Gasteiger partial charge on any atom is 0.323 e. The Morgan fingerprint density at radius 2 is 1.66 bits per heavy atom. The second kappa shape index (κ2) is 16.8. The first-order chi connectivity index (χ1) is 26.1. The van der Waals surface area contributed by atoms with Crippen LogP contribution in [0.2, 0.25) is 0 Å². The third-order valence-electron chi connectivity index (χ3n) is 11.3. The van der Waals surface area contributed by atoms with Gasteiger partial charge in [0.15, 0.2) is 24.2 Å². The van der Waals surface area contributed by atoms with Gasteiger partial charge in [-0.25, -0.2) is 4.39 Å². The number of ketones is 2. The fraction of sp³-hybridized carbons (Fsp3) is 0.719. The van der Waals surface area contributed by atoms with E-state index in [2.05, 4.69) is 14.5 Å². The maximum absolute atomic E-state index is 17.7. The molecule has 0 bridgehead atoms. The van der Waals surface area contributed by atoms with Gasteiger partial charge in [-0.15, -0.1) is 30.3 Å². The Hall–Kier alpha value is -5.36. The highest BCUT2D eigenvalue weighted by Gasteiger charge is 2.78. The van der Waals surface area contributed by atoms with Crippen molar-refractivity contribution in [1.82, 2.24) is 0 Å². The molecule has 4 unspecified atom stereocenters. The number of hydrogen-bond donors (Lipinski definition) is 3. The number of nitrogens with two attached hydrogens (primary N) is 1. The molecule has 4 aliphatic carbocycles. The molecule has 0 heterocycles. The third-order valence-corrected chi connectivity index (χ3v) is 11.3. The molecule has 24 heteroatoms. The molecule has 56 heavy (non-hydrogen) atoms. The minimum atomic E-state index is -2.58. The van der Waals surface area contributed by atoms with E-state index in [4.69, 9.17) is 19.9 Å². The zero-order chi connectivity index (χ0) is 41.8. The molecule has 10 atom stereocenters. The minimum Gasteiger partial charge on any atom is -0.462 e. The van der Waals surface area contributed by atoms with E-state index in [1.165, 1.54) is 19.1 Å². The number of alkyl halides is 1. The SMILES string of the molecule is C[C@]12C=CC(=O)CC1=CCC1C3C[C@@H](O)[C@](OC(=O)CCCO[N+](=O)[O-])(C(=O)COC(=O)CC(N)C(=O)OCC(CO[N+](=O)[O-])O[N+](=O)[O-])[C@@]3(C)C[C@H](O)[C@@]12F. The van der Waals surface area contributed by atoms with Crippen LogP contribution in [0.5, 0.6) is 0 Å². The number of aliphatic hydroxyl groups is 2. The molecular formula is C32H41FN4O19. The summed E-state index contributed by atoms with van der Waals surface area (Å²) in [4.78, 5) is 109. The van der Waals surface area contributed by atoms with Gasteiger partial charge in [0.2, 0.25) is 11.4 Å². The molecule has 2 saturated carbocycles. The number of rotatable bonds is 19. The van der Waals surface area contributed by atoms with Crippen molar-refractivity contribution in [2.45, 2.75) is 94.4 Å². The summed E-state index contributed by atoms with van der Waals surface area (Å²) in [6.45, 7) is -0.750. The number of ether oxygens (including phenoxy) is 3. The third kappa shape index (κ3) is 8.26.